The van der Waals surface area contributed by atoms with Gasteiger partial charge in [-0.2, -0.15) is 13.2 Å². The van der Waals surface area contributed by atoms with Crippen LogP contribution in [0.5, 0.6) is 0 Å². The van der Waals surface area contributed by atoms with E-state index in [1.54, 1.807) is 13.8 Å². The number of benzene rings is 1. The van der Waals surface area contributed by atoms with Gasteiger partial charge in [-0.15, -0.1) is 0 Å². The van der Waals surface area contributed by atoms with Crippen molar-refractivity contribution in [3.8, 4) is 0 Å². The maximum Gasteiger partial charge on any atom is 0.417 e. The fraction of sp³-hybridized carbons (Fsp3) is 0.556. The molecule has 1 heterocycles. The predicted molar refractivity (Wildman–Crippen MR) is 145 cm³/mol. The number of alkyl halides is 3. The number of rotatable bonds is 13. The molecule has 0 aliphatic heterocycles. The fourth-order valence-electron chi connectivity index (χ4n) is 4.01. The van der Waals surface area contributed by atoms with E-state index in [2.05, 4.69) is 16.0 Å². The highest BCUT2D eigenvalue weighted by atomic mass is 19.4. The summed E-state index contributed by atoms with van der Waals surface area (Å²) in [7, 11) is 0. The molecule has 0 aliphatic carbocycles. The van der Waals surface area contributed by atoms with Crippen LogP contribution in [0.1, 0.15) is 58.9 Å². The summed E-state index contributed by atoms with van der Waals surface area (Å²) in [6.45, 7) is 7.68. The van der Waals surface area contributed by atoms with E-state index in [0.717, 1.165) is 12.1 Å². The molecular weight excluding hydrogens is 531 g/mol. The lowest BCUT2D eigenvalue weighted by Crippen LogP contribution is -2.56. The zero-order valence-corrected chi connectivity index (χ0v) is 23.1. The second-order valence-corrected chi connectivity index (χ2v) is 10.5. The molecule has 0 radical (unpaired) electrons. The van der Waals surface area contributed by atoms with Crippen LogP contribution in [-0.4, -0.2) is 42.4 Å². The van der Waals surface area contributed by atoms with Crippen molar-refractivity contribution in [1.82, 2.24) is 10.6 Å². The molecule has 3 amide bonds. The molecule has 1 aromatic heterocycles. The summed E-state index contributed by atoms with van der Waals surface area (Å²) >= 11 is 0. The lowest BCUT2D eigenvalue weighted by molar-refractivity contribution is -0.136. The first-order valence-corrected chi connectivity index (χ1v) is 13.2. The maximum absolute atomic E-state index is 13.4. The van der Waals surface area contributed by atoms with E-state index < -0.39 is 53.2 Å². The first-order valence-electron chi connectivity index (χ1n) is 13.2. The van der Waals surface area contributed by atoms with Gasteiger partial charge in [0.25, 0.3) is 0 Å². The summed E-state index contributed by atoms with van der Waals surface area (Å²) < 4.78 is 45.0. The van der Waals surface area contributed by atoms with E-state index in [0.29, 0.717) is 31.9 Å². The fourth-order valence-corrected chi connectivity index (χ4v) is 4.01. The number of hydrogen-bond donors (Lipinski definition) is 5. The average molecular weight is 570 g/mol. The minimum atomic E-state index is -4.78. The number of fused-ring (bicyclic) bond motifs is 1. The van der Waals surface area contributed by atoms with Crippen LogP contribution in [0.3, 0.4) is 0 Å². The lowest BCUT2D eigenvalue weighted by atomic mass is 9.99. The lowest BCUT2D eigenvalue weighted by Gasteiger charge is -2.26. The monoisotopic (exact) mass is 569 g/mol. The smallest absolute Gasteiger partial charge is 0.417 e. The van der Waals surface area contributed by atoms with Gasteiger partial charge in [0, 0.05) is 23.2 Å². The SMILES string of the molecule is CC(C)CC(NC(=O)C(N)C(C)C)C(=O)NC(CCCCN)C(=O)Nc1ccc2c(C(F)(F)F)cc(=O)oc2c1. The molecule has 3 unspecified atom stereocenters. The van der Waals surface area contributed by atoms with Gasteiger partial charge in [0.15, 0.2) is 0 Å². The Labute approximate surface area is 230 Å². The number of unbranched alkanes of at least 4 members (excludes halogenated alkanes) is 1. The molecule has 0 fully saturated rings. The molecule has 7 N–H and O–H groups in total. The van der Waals surface area contributed by atoms with Gasteiger partial charge in [0.2, 0.25) is 17.7 Å². The molecule has 0 spiro atoms. The first-order chi connectivity index (χ1) is 18.6. The molecule has 0 aliphatic rings. The quantitative estimate of drug-likeness (QED) is 0.182. The van der Waals surface area contributed by atoms with Gasteiger partial charge in [-0.25, -0.2) is 4.79 Å². The molecule has 10 nitrogen and oxygen atoms in total. The van der Waals surface area contributed by atoms with Crippen LogP contribution in [0.4, 0.5) is 18.9 Å². The third-order valence-electron chi connectivity index (χ3n) is 6.26. The Balaban J connectivity index is 2.29. The van der Waals surface area contributed by atoms with Crippen LogP contribution in [0.2, 0.25) is 0 Å². The zero-order chi connectivity index (χ0) is 30.2. The normalized spacial score (nSPS) is 14.2. The number of halogens is 3. The predicted octanol–water partition coefficient (Wildman–Crippen LogP) is 2.88. The van der Waals surface area contributed by atoms with E-state index >= 15 is 0 Å². The Bertz CT molecular complexity index is 1250. The number of anilines is 1. The van der Waals surface area contributed by atoms with Crippen molar-refractivity contribution in [2.45, 2.75) is 77.7 Å². The second-order valence-electron chi connectivity index (χ2n) is 10.5. The largest absolute Gasteiger partial charge is 0.423 e. The number of hydrogen-bond acceptors (Lipinski definition) is 7. The standard InChI is InChI=1S/C27H38F3N5O5/c1-14(2)11-20(35-26(39)23(32)15(3)4)25(38)34-19(7-5-6-10-31)24(37)33-16-8-9-17-18(27(28,29)30)13-22(36)40-21(17)12-16/h8-9,12-15,19-20,23H,5-7,10-11,31-32H2,1-4H3,(H,33,37)(H,34,38)(H,35,39). The van der Waals surface area contributed by atoms with Crippen molar-refractivity contribution in [2.24, 2.45) is 23.3 Å². The molecule has 2 rings (SSSR count). The summed E-state index contributed by atoms with van der Waals surface area (Å²) in [6.07, 6.45) is -3.20. The van der Waals surface area contributed by atoms with Crippen molar-refractivity contribution in [2.75, 3.05) is 11.9 Å². The van der Waals surface area contributed by atoms with Crippen LogP contribution in [0.15, 0.2) is 33.5 Å². The molecule has 222 valence electrons. The highest BCUT2D eigenvalue weighted by Gasteiger charge is 2.34. The molecule has 1 aromatic carbocycles. The summed E-state index contributed by atoms with van der Waals surface area (Å²) in [5.74, 6) is -1.84. The van der Waals surface area contributed by atoms with E-state index in [4.69, 9.17) is 15.9 Å². The van der Waals surface area contributed by atoms with Gasteiger partial charge >= 0.3 is 11.8 Å². The van der Waals surface area contributed by atoms with Crippen molar-refractivity contribution in [3.63, 3.8) is 0 Å². The van der Waals surface area contributed by atoms with Gasteiger partial charge in [0.05, 0.1) is 11.6 Å². The maximum atomic E-state index is 13.4. The molecule has 13 heteroatoms. The summed E-state index contributed by atoms with van der Waals surface area (Å²) in [5.41, 5.74) is 8.86. The molecule has 0 saturated carbocycles. The Morgan fingerprint density at radius 2 is 1.60 bits per heavy atom. The number of nitrogens with two attached hydrogens (primary N) is 2. The molecule has 3 atom stereocenters. The summed E-state index contributed by atoms with van der Waals surface area (Å²) in [6, 6.07) is 0.985. The number of carbonyl (C=O) groups is 3. The zero-order valence-electron chi connectivity index (χ0n) is 23.1. The number of nitrogens with one attached hydrogen (secondary N) is 3. The number of amides is 3. The van der Waals surface area contributed by atoms with E-state index in [1.165, 1.54) is 6.07 Å². The Morgan fingerprint density at radius 1 is 0.950 bits per heavy atom. The van der Waals surface area contributed by atoms with E-state index in [1.807, 2.05) is 13.8 Å². The average Bonchev–Trinajstić information content (AvgIpc) is 2.85. The Morgan fingerprint density at radius 3 is 2.17 bits per heavy atom. The van der Waals surface area contributed by atoms with Gasteiger partial charge < -0.3 is 31.8 Å². The van der Waals surface area contributed by atoms with Crippen molar-refractivity contribution < 1.29 is 32.0 Å². The number of carbonyl (C=O) groups excluding carboxylic acids is 3. The Hall–Kier alpha value is -3.45. The van der Waals surface area contributed by atoms with Gasteiger partial charge in [-0.1, -0.05) is 27.7 Å². The molecular formula is C27H38F3N5O5. The van der Waals surface area contributed by atoms with Gasteiger partial charge in [-0.05, 0) is 56.2 Å². The van der Waals surface area contributed by atoms with E-state index in [-0.39, 0.29) is 34.9 Å². The highest BCUT2D eigenvalue weighted by molar-refractivity contribution is 5.99. The van der Waals surface area contributed by atoms with Crippen molar-refractivity contribution >= 4 is 34.4 Å². The molecule has 0 bridgehead atoms. The highest BCUT2D eigenvalue weighted by Crippen LogP contribution is 2.34. The van der Waals surface area contributed by atoms with Crippen LogP contribution in [0, 0.1) is 11.8 Å². The van der Waals surface area contributed by atoms with Crippen LogP contribution < -0.4 is 33.0 Å². The molecule has 40 heavy (non-hydrogen) atoms. The summed E-state index contributed by atoms with van der Waals surface area (Å²) in [4.78, 5) is 50.7. The third-order valence-corrected chi connectivity index (χ3v) is 6.26. The third kappa shape index (κ3) is 9.33. The first kappa shape index (κ1) is 32.8. The van der Waals surface area contributed by atoms with Crippen molar-refractivity contribution in [1.29, 1.82) is 0 Å². The van der Waals surface area contributed by atoms with Crippen molar-refractivity contribution in [3.05, 3.63) is 40.2 Å². The van der Waals surface area contributed by atoms with Gasteiger partial charge in [-0.3, -0.25) is 14.4 Å². The minimum absolute atomic E-state index is 0.0321. The Kier molecular flexibility index (Phi) is 11.7. The van der Waals surface area contributed by atoms with Gasteiger partial charge in [0.1, 0.15) is 17.7 Å². The van der Waals surface area contributed by atoms with E-state index in [9.17, 15) is 32.3 Å². The topological polar surface area (TPSA) is 170 Å². The summed E-state index contributed by atoms with van der Waals surface area (Å²) in [5, 5.41) is 7.57. The van der Waals surface area contributed by atoms with Crippen LogP contribution in [0.25, 0.3) is 11.0 Å². The second kappa shape index (κ2) is 14.3. The van der Waals surface area contributed by atoms with Crippen LogP contribution in [-0.2, 0) is 20.6 Å². The minimum Gasteiger partial charge on any atom is -0.423 e. The van der Waals surface area contributed by atoms with Crippen LogP contribution >= 0.6 is 0 Å². The molecule has 2 aromatic rings. The molecule has 0 saturated heterocycles.